The molecule has 0 aromatic heterocycles. The second-order valence-corrected chi connectivity index (χ2v) is 3.82. The summed E-state index contributed by atoms with van der Waals surface area (Å²) in [4.78, 5) is 2.11. The van der Waals surface area contributed by atoms with Gasteiger partial charge >= 0.3 is 0 Å². The molecule has 0 saturated carbocycles. The lowest BCUT2D eigenvalue weighted by molar-refractivity contribution is 0.198. The van der Waals surface area contributed by atoms with E-state index in [1.807, 2.05) is 12.1 Å². The number of anilines is 2. The molecule has 1 saturated heterocycles. The standard InChI is InChI=1S/C11H16N2O2/c1-15-11-6-8(12)2-3-10(11)13-5-4-9(14)7-13/h2-3,6,9,14H,4-5,7,12H2,1H3. The first-order valence-electron chi connectivity index (χ1n) is 5.07. The van der Waals surface area contributed by atoms with Crippen LogP contribution in [-0.2, 0) is 0 Å². The third kappa shape index (κ3) is 1.99. The highest BCUT2D eigenvalue weighted by atomic mass is 16.5. The van der Waals surface area contributed by atoms with Gasteiger partial charge in [0.25, 0.3) is 0 Å². The van der Waals surface area contributed by atoms with Gasteiger partial charge in [0.1, 0.15) is 5.75 Å². The maximum absolute atomic E-state index is 9.47. The summed E-state index contributed by atoms with van der Waals surface area (Å²) in [5, 5.41) is 9.47. The van der Waals surface area contributed by atoms with E-state index in [-0.39, 0.29) is 6.10 Å². The second kappa shape index (κ2) is 3.98. The van der Waals surface area contributed by atoms with E-state index in [0.29, 0.717) is 12.2 Å². The zero-order valence-corrected chi connectivity index (χ0v) is 8.81. The molecule has 1 aromatic rings. The van der Waals surface area contributed by atoms with Crippen molar-refractivity contribution in [3.05, 3.63) is 18.2 Å². The highest BCUT2D eigenvalue weighted by molar-refractivity contribution is 5.64. The molecule has 2 rings (SSSR count). The molecule has 1 atom stereocenters. The summed E-state index contributed by atoms with van der Waals surface area (Å²) in [6.45, 7) is 1.53. The molecule has 1 aliphatic rings. The van der Waals surface area contributed by atoms with Crippen LogP contribution in [0.15, 0.2) is 18.2 Å². The highest BCUT2D eigenvalue weighted by Crippen LogP contribution is 2.32. The minimum absolute atomic E-state index is 0.229. The van der Waals surface area contributed by atoms with Crippen molar-refractivity contribution in [3.63, 3.8) is 0 Å². The van der Waals surface area contributed by atoms with Crippen molar-refractivity contribution in [1.29, 1.82) is 0 Å². The summed E-state index contributed by atoms with van der Waals surface area (Å²) in [7, 11) is 1.63. The fraction of sp³-hybridized carbons (Fsp3) is 0.455. The average Bonchev–Trinajstić information content (AvgIpc) is 2.64. The monoisotopic (exact) mass is 208 g/mol. The summed E-state index contributed by atoms with van der Waals surface area (Å²) in [5.74, 6) is 0.768. The average molecular weight is 208 g/mol. The Morgan fingerprint density at radius 3 is 2.93 bits per heavy atom. The minimum atomic E-state index is -0.229. The Hall–Kier alpha value is -1.42. The first kappa shape index (κ1) is 10.1. The van der Waals surface area contributed by atoms with Gasteiger partial charge in [-0.3, -0.25) is 0 Å². The van der Waals surface area contributed by atoms with Crippen molar-refractivity contribution in [3.8, 4) is 5.75 Å². The van der Waals surface area contributed by atoms with Gasteiger partial charge in [-0.2, -0.15) is 0 Å². The van der Waals surface area contributed by atoms with E-state index in [2.05, 4.69) is 4.90 Å². The summed E-state index contributed by atoms with van der Waals surface area (Å²) in [5.41, 5.74) is 7.37. The molecule has 1 aliphatic heterocycles. The number of β-amino-alcohol motifs (C(OH)–C–C–N with tert-alkyl or cyclic N) is 1. The molecule has 15 heavy (non-hydrogen) atoms. The lowest BCUT2D eigenvalue weighted by Crippen LogP contribution is -2.21. The predicted octanol–water partition coefficient (Wildman–Crippen LogP) is 0.848. The topological polar surface area (TPSA) is 58.7 Å². The van der Waals surface area contributed by atoms with Crippen LogP contribution in [0.5, 0.6) is 5.75 Å². The number of ether oxygens (including phenoxy) is 1. The highest BCUT2D eigenvalue weighted by Gasteiger charge is 2.22. The Bertz CT molecular complexity index is 354. The number of benzene rings is 1. The van der Waals surface area contributed by atoms with Gasteiger partial charge in [0.2, 0.25) is 0 Å². The SMILES string of the molecule is COc1cc(N)ccc1N1CCC(O)C1. The van der Waals surface area contributed by atoms with E-state index >= 15 is 0 Å². The van der Waals surface area contributed by atoms with Crippen LogP contribution < -0.4 is 15.4 Å². The van der Waals surface area contributed by atoms with E-state index in [4.69, 9.17) is 10.5 Å². The number of aliphatic hydroxyl groups is 1. The van der Waals surface area contributed by atoms with Crippen LogP contribution in [0.3, 0.4) is 0 Å². The molecule has 0 aliphatic carbocycles. The molecule has 0 amide bonds. The normalized spacial score (nSPS) is 20.7. The van der Waals surface area contributed by atoms with E-state index < -0.39 is 0 Å². The van der Waals surface area contributed by atoms with Crippen molar-refractivity contribution in [1.82, 2.24) is 0 Å². The Morgan fingerprint density at radius 2 is 2.33 bits per heavy atom. The molecule has 0 spiro atoms. The van der Waals surface area contributed by atoms with E-state index in [9.17, 15) is 5.11 Å². The van der Waals surface area contributed by atoms with Crippen molar-refractivity contribution in [2.24, 2.45) is 0 Å². The minimum Gasteiger partial charge on any atom is -0.495 e. The van der Waals surface area contributed by atoms with Crippen LogP contribution in [0.25, 0.3) is 0 Å². The molecule has 1 fully saturated rings. The first-order chi connectivity index (χ1) is 7.20. The van der Waals surface area contributed by atoms with Gasteiger partial charge in [0, 0.05) is 24.8 Å². The Balaban J connectivity index is 2.27. The van der Waals surface area contributed by atoms with Gasteiger partial charge in [0.05, 0.1) is 18.9 Å². The largest absolute Gasteiger partial charge is 0.495 e. The lowest BCUT2D eigenvalue weighted by atomic mass is 10.2. The Kier molecular flexibility index (Phi) is 2.68. The number of rotatable bonds is 2. The zero-order valence-electron chi connectivity index (χ0n) is 8.81. The van der Waals surface area contributed by atoms with Crippen LogP contribution >= 0.6 is 0 Å². The van der Waals surface area contributed by atoms with Crippen molar-refractivity contribution >= 4 is 11.4 Å². The number of hydrogen-bond acceptors (Lipinski definition) is 4. The van der Waals surface area contributed by atoms with Gasteiger partial charge in [-0.15, -0.1) is 0 Å². The van der Waals surface area contributed by atoms with Crippen molar-refractivity contribution in [2.75, 3.05) is 30.8 Å². The van der Waals surface area contributed by atoms with Gasteiger partial charge in [-0.1, -0.05) is 0 Å². The van der Waals surface area contributed by atoms with E-state index in [1.54, 1.807) is 13.2 Å². The maximum atomic E-state index is 9.47. The molecule has 0 radical (unpaired) electrons. The number of nitrogen functional groups attached to an aromatic ring is 1. The molecule has 1 unspecified atom stereocenters. The fourth-order valence-electron chi connectivity index (χ4n) is 1.92. The van der Waals surface area contributed by atoms with Crippen LogP contribution in [-0.4, -0.2) is 31.4 Å². The molecule has 0 bridgehead atoms. The zero-order chi connectivity index (χ0) is 10.8. The van der Waals surface area contributed by atoms with Gasteiger partial charge in [0.15, 0.2) is 0 Å². The summed E-state index contributed by atoms with van der Waals surface area (Å²) in [6, 6.07) is 5.59. The van der Waals surface area contributed by atoms with Crippen molar-refractivity contribution in [2.45, 2.75) is 12.5 Å². The smallest absolute Gasteiger partial charge is 0.144 e. The number of methoxy groups -OCH3 is 1. The van der Waals surface area contributed by atoms with Gasteiger partial charge in [-0.25, -0.2) is 0 Å². The van der Waals surface area contributed by atoms with Crippen LogP contribution in [0.4, 0.5) is 11.4 Å². The van der Waals surface area contributed by atoms with Gasteiger partial charge < -0.3 is 20.5 Å². The Labute approximate surface area is 89.3 Å². The third-order valence-corrected chi connectivity index (χ3v) is 2.71. The number of nitrogens with zero attached hydrogens (tertiary/aromatic N) is 1. The van der Waals surface area contributed by atoms with E-state index in [1.165, 1.54) is 0 Å². The van der Waals surface area contributed by atoms with Crippen molar-refractivity contribution < 1.29 is 9.84 Å². The summed E-state index contributed by atoms with van der Waals surface area (Å²) < 4.78 is 5.27. The molecular formula is C11H16N2O2. The molecule has 82 valence electrons. The molecule has 1 heterocycles. The van der Waals surface area contributed by atoms with Gasteiger partial charge in [-0.05, 0) is 18.6 Å². The van der Waals surface area contributed by atoms with Crippen LogP contribution in [0, 0.1) is 0 Å². The predicted molar refractivity (Wildman–Crippen MR) is 60.2 cm³/mol. The second-order valence-electron chi connectivity index (χ2n) is 3.82. The lowest BCUT2D eigenvalue weighted by Gasteiger charge is -2.20. The summed E-state index contributed by atoms with van der Waals surface area (Å²) >= 11 is 0. The maximum Gasteiger partial charge on any atom is 0.144 e. The number of nitrogens with two attached hydrogens (primary N) is 1. The molecular weight excluding hydrogens is 192 g/mol. The number of aliphatic hydroxyl groups excluding tert-OH is 1. The van der Waals surface area contributed by atoms with E-state index in [0.717, 1.165) is 24.4 Å². The molecule has 1 aromatic carbocycles. The Morgan fingerprint density at radius 1 is 1.53 bits per heavy atom. The fourth-order valence-corrected chi connectivity index (χ4v) is 1.92. The van der Waals surface area contributed by atoms with Crippen LogP contribution in [0.1, 0.15) is 6.42 Å². The molecule has 3 N–H and O–H groups in total. The third-order valence-electron chi connectivity index (χ3n) is 2.71. The number of hydrogen-bond donors (Lipinski definition) is 2. The van der Waals surface area contributed by atoms with Crippen LogP contribution in [0.2, 0.25) is 0 Å². The quantitative estimate of drug-likeness (QED) is 0.707. The first-order valence-corrected chi connectivity index (χ1v) is 5.07. The molecule has 4 nitrogen and oxygen atoms in total. The summed E-state index contributed by atoms with van der Waals surface area (Å²) in [6.07, 6.45) is 0.584. The molecule has 4 heteroatoms.